The van der Waals surface area contributed by atoms with Gasteiger partial charge in [0.05, 0.1) is 0 Å². The summed E-state index contributed by atoms with van der Waals surface area (Å²) in [5, 5.41) is 12.4. The number of hydrogen-bond acceptors (Lipinski definition) is 4. The summed E-state index contributed by atoms with van der Waals surface area (Å²) >= 11 is 1.43. The molecule has 3 rings (SSSR count). The van der Waals surface area contributed by atoms with Gasteiger partial charge in [-0.2, -0.15) is 0 Å². The number of hydrogen-bond donors (Lipinski definition) is 1. The number of carbonyl (C=O) groups is 1. The van der Waals surface area contributed by atoms with E-state index in [2.05, 4.69) is 29.4 Å². The van der Waals surface area contributed by atoms with E-state index in [0.29, 0.717) is 16.6 Å². The Morgan fingerprint density at radius 3 is 2.52 bits per heavy atom. The molecule has 0 radical (unpaired) electrons. The van der Waals surface area contributed by atoms with Crippen LogP contribution in [0.5, 0.6) is 0 Å². The van der Waals surface area contributed by atoms with Crippen molar-refractivity contribution < 1.29 is 4.79 Å². The lowest BCUT2D eigenvalue weighted by molar-refractivity contribution is 0.102. The van der Waals surface area contributed by atoms with Crippen molar-refractivity contribution in [1.29, 1.82) is 0 Å². The van der Waals surface area contributed by atoms with Gasteiger partial charge in [0.1, 0.15) is 5.01 Å². The van der Waals surface area contributed by atoms with Crippen LogP contribution in [-0.2, 0) is 6.42 Å². The molecule has 2 heterocycles. The van der Waals surface area contributed by atoms with Crippen molar-refractivity contribution in [2.75, 3.05) is 5.32 Å². The Balaban J connectivity index is 1.67. The van der Waals surface area contributed by atoms with Crippen LogP contribution in [0.2, 0.25) is 0 Å². The molecule has 1 aromatic carbocycles. The van der Waals surface area contributed by atoms with E-state index in [-0.39, 0.29) is 5.91 Å². The maximum Gasteiger partial charge on any atom is 0.257 e. The molecule has 0 saturated carbocycles. The lowest BCUT2D eigenvalue weighted by Crippen LogP contribution is -2.11. The van der Waals surface area contributed by atoms with Crippen molar-refractivity contribution in [2.45, 2.75) is 20.3 Å². The van der Waals surface area contributed by atoms with Gasteiger partial charge in [0.2, 0.25) is 5.13 Å². The van der Waals surface area contributed by atoms with Crippen LogP contribution in [0.1, 0.15) is 29.2 Å². The van der Waals surface area contributed by atoms with Gasteiger partial charge in [-0.15, -0.1) is 10.2 Å². The summed E-state index contributed by atoms with van der Waals surface area (Å²) in [6, 6.07) is 11.4. The fourth-order valence-electron chi connectivity index (χ4n) is 2.20. The monoisotopic (exact) mass is 326 g/mol. The third kappa shape index (κ3) is 3.84. The van der Waals surface area contributed by atoms with Gasteiger partial charge in [-0.25, -0.2) is 0 Å². The molecule has 1 amide bonds. The first-order chi connectivity index (χ1) is 11.1. The molecule has 23 heavy (non-hydrogen) atoms. The van der Waals surface area contributed by atoms with E-state index < -0.39 is 0 Å². The van der Waals surface area contributed by atoms with Crippen LogP contribution in [0.15, 0.2) is 48.8 Å². The summed E-state index contributed by atoms with van der Waals surface area (Å²) in [5.74, 6) is 0.351. The highest BCUT2D eigenvalue weighted by Gasteiger charge is 2.11. The summed E-state index contributed by atoms with van der Waals surface area (Å²) in [6.45, 7) is 4.26. The second-order valence-corrected chi connectivity index (χ2v) is 6.75. The quantitative estimate of drug-likeness (QED) is 0.776. The molecular weight excluding hydrogens is 308 g/mol. The van der Waals surface area contributed by atoms with E-state index in [1.54, 1.807) is 12.1 Å². The topological polar surface area (TPSA) is 59.8 Å². The molecule has 1 N–H and O–H groups in total. The number of aromatic nitrogens is 3. The van der Waals surface area contributed by atoms with E-state index >= 15 is 0 Å². The van der Waals surface area contributed by atoms with Gasteiger partial charge in [0.25, 0.3) is 5.91 Å². The predicted molar refractivity (Wildman–Crippen MR) is 92.2 cm³/mol. The Morgan fingerprint density at radius 1 is 1.17 bits per heavy atom. The molecular formula is C17H18N4OS. The van der Waals surface area contributed by atoms with Gasteiger partial charge >= 0.3 is 0 Å². The molecule has 2 aromatic heterocycles. The summed E-state index contributed by atoms with van der Waals surface area (Å²) in [4.78, 5) is 12.3. The fourth-order valence-corrected chi connectivity index (χ4v) is 3.14. The average molecular weight is 326 g/mol. The SMILES string of the molecule is CC(C)Cc1nnc(NC(=O)c2ccc(-n3cccc3)cc2)s1. The van der Waals surface area contributed by atoms with Crippen LogP contribution >= 0.6 is 11.3 Å². The van der Waals surface area contributed by atoms with Crippen molar-refractivity contribution in [1.82, 2.24) is 14.8 Å². The highest BCUT2D eigenvalue weighted by atomic mass is 32.1. The minimum atomic E-state index is -0.170. The van der Waals surface area contributed by atoms with E-state index in [4.69, 9.17) is 0 Å². The zero-order valence-electron chi connectivity index (χ0n) is 13.1. The highest BCUT2D eigenvalue weighted by Crippen LogP contribution is 2.19. The average Bonchev–Trinajstić information content (AvgIpc) is 3.19. The van der Waals surface area contributed by atoms with Gasteiger partial charge in [0, 0.05) is 30.1 Å². The summed E-state index contributed by atoms with van der Waals surface area (Å²) < 4.78 is 1.99. The van der Waals surface area contributed by atoms with E-state index in [1.165, 1.54) is 11.3 Å². The molecule has 0 unspecified atom stereocenters. The maximum absolute atomic E-state index is 12.3. The van der Waals surface area contributed by atoms with E-state index in [0.717, 1.165) is 17.1 Å². The first-order valence-electron chi connectivity index (χ1n) is 7.49. The third-order valence-electron chi connectivity index (χ3n) is 3.30. The van der Waals surface area contributed by atoms with E-state index in [1.807, 2.05) is 41.2 Å². The van der Waals surface area contributed by atoms with Crippen LogP contribution in [0.25, 0.3) is 5.69 Å². The Labute approximate surface area is 139 Å². The Hall–Kier alpha value is -2.47. The Kier molecular flexibility index (Phi) is 4.52. The molecule has 0 fully saturated rings. The van der Waals surface area contributed by atoms with Crippen molar-refractivity contribution in [3.8, 4) is 5.69 Å². The summed E-state index contributed by atoms with van der Waals surface area (Å²) in [7, 11) is 0. The smallest absolute Gasteiger partial charge is 0.257 e. The van der Waals surface area contributed by atoms with Gasteiger partial charge in [-0.3, -0.25) is 10.1 Å². The first-order valence-corrected chi connectivity index (χ1v) is 8.30. The van der Waals surface area contributed by atoms with Gasteiger partial charge in [-0.1, -0.05) is 25.2 Å². The number of nitrogens with one attached hydrogen (secondary N) is 1. The number of rotatable bonds is 5. The number of nitrogens with zero attached hydrogens (tertiary/aromatic N) is 3. The Bertz CT molecular complexity index is 775. The number of anilines is 1. The minimum absolute atomic E-state index is 0.170. The predicted octanol–water partition coefficient (Wildman–Crippen LogP) is 3.78. The molecule has 0 aliphatic heterocycles. The van der Waals surface area contributed by atoms with Gasteiger partial charge < -0.3 is 4.57 Å². The summed E-state index contributed by atoms with van der Waals surface area (Å²) in [6.07, 6.45) is 4.80. The number of benzene rings is 1. The minimum Gasteiger partial charge on any atom is -0.324 e. The van der Waals surface area contributed by atoms with Crippen molar-refractivity contribution in [3.05, 3.63) is 59.4 Å². The normalized spacial score (nSPS) is 10.9. The van der Waals surface area contributed by atoms with Crippen LogP contribution in [0.3, 0.4) is 0 Å². The standard InChI is InChI=1S/C17H18N4OS/c1-12(2)11-15-19-20-17(23-15)18-16(22)13-5-7-14(8-6-13)21-9-3-4-10-21/h3-10,12H,11H2,1-2H3,(H,18,20,22). The Morgan fingerprint density at radius 2 is 1.87 bits per heavy atom. The lowest BCUT2D eigenvalue weighted by atomic mass is 10.1. The van der Waals surface area contributed by atoms with Gasteiger partial charge in [-0.05, 0) is 42.3 Å². The maximum atomic E-state index is 12.3. The van der Waals surface area contributed by atoms with Crippen molar-refractivity contribution in [2.24, 2.45) is 5.92 Å². The molecule has 3 aromatic rings. The lowest BCUT2D eigenvalue weighted by Gasteiger charge is -2.05. The van der Waals surface area contributed by atoms with Crippen molar-refractivity contribution in [3.63, 3.8) is 0 Å². The zero-order chi connectivity index (χ0) is 16.2. The van der Waals surface area contributed by atoms with Crippen LogP contribution in [0, 0.1) is 5.92 Å². The van der Waals surface area contributed by atoms with Gasteiger partial charge in [0.15, 0.2) is 0 Å². The zero-order valence-corrected chi connectivity index (χ0v) is 13.9. The largest absolute Gasteiger partial charge is 0.324 e. The first kappa shape index (κ1) is 15.4. The molecule has 5 nitrogen and oxygen atoms in total. The molecule has 0 aliphatic rings. The molecule has 6 heteroatoms. The second kappa shape index (κ2) is 6.75. The third-order valence-corrected chi connectivity index (χ3v) is 4.16. The molecule has 0 bridgehead atoms. The highest BCUT2D eigenvalue weighted by molar-refractivity contribution is 7.15. The fraction of sp³-hybridized carbons (Fsp3) is 0.235. The molecule has 0 spiro atoms. The van der Waals surface area contributed by atoms with Crippen LogP contribution in [0.4, 0.5) is 5.13 Å². The second-order valence-electron chi connectivity index (χ2n) is 5.69. The van der Waals surface area contributed by atoms with Crippen LogP contribution < -0.4 is 5.32 Å². The van der Waals surface area contributed by atoms with E-state index in [9.17, 15) is 4.79 Å². The molecule has 0 atom stereocenters. The number of amides is 1. The molecule has 0 aliphatic carbocycles. The van der Waals surface area contributed by atoms with Crippen molar-refractivity contribution >= 4 is 22.4 Å². The summed E-state index contributed by atoms with van der Waals surface area (Å²) in [5.41, 5.74) is 1.61. The van der Waals surface area contributed by atoms with Crippen LogP contribution in [-0.4, -0.2) is 20.7 Å². The number of carbonyl (C=O) groups excluding carboxylic acids is 1. The molecule has 0 saturated heterocycles. The molecule has 118 valence electrons.